The fourth-order valence-electron chi connectivity index (χ4n) is 1.59. The van der Waals surface area contributed by atoms with Crippen LogP contribution in [0.25, 0.3) is 0 Å². The summed E-state index contributed by atoms with van der Waals surface area (Å²) in [5.74, 6) is -1.97. The molecule has 1 N–H and O–H groups in total. The highest BCUT2D eigenvalue weighted by Crippen LogP contribution is 2.04. The Kier molecular flexibility index (Phi) is 9.05. The van der Waals surface area contributed by atoms with Gasteiger partial charge in [-0.2, -0.15) is 0 Å². The van der Waals surface area contributed by atoms with Crippen molar-refractivity contribution in [2.45, 2.75) is 53.5 Å². The zero-order valence-corrected chi connectivity index (χ0v) is 13.8. The van der Waals surface area contributed by atoms with Crippen molar-refractivity contribution in [1.29, 1.82) is 0 Å². The van der Waals surface area contributed by atoms with Gasteiger partial charge in [0.1, 0.15) is 0 Å². The number of hydrogen-bond donors (Lipinski definition) is 1. The Hall–Kier alpha value is -1.92. The smallest absolute Gasteiger partial charge is 0.311 e. The van der Waals surface area contributed by atoms with Gasteiger partial charge in [0.15, 0.2) is 5.78 Å². The fraction of sp³-hybridized carbons (Fsp3) is 0.733. The van der Waals surface area contributed by atoms with Crippen LogP contribution in [0, 0.1) is 11.8 Å². The summed E-state index contributed by atoms with van der Waals surface area (Å²) in [6.45, 7) is 7.92. The van der Waals surface area contributed by atoms with Gasteiger partial charge in [0, 0.05) is 6.42 Å². The lowest BCUT2D eigenvalue weighted by molar-refractivity contribution is -0.169. The highest BCUT2D eigenvalue weighted by Gasteiger charge is 2.21. The molecule has 0 aliphatic rings. The molecule has 1 unspecified atom stereocenters. The lowest BCUT2D eigenvalue weighted by atomic mass is 10.0. The summed E-state index contributed by atoms with van der Waals surface area (Å²) in [5.41, 5.74) is 0. The topological polar surface area (TPSA) is 98.8 Å². The Bertz CT molecular complexity index is 416. The van der Waals surface area contributed by atoms with E-state index in [4.69, 9.17) is 0 Å². The molecule has 0 aliphatic carbocycles. The van der Waals surface area contributed by atoms with E-state index in [-0.39, 0.29) is 30.5 Å². The first-order valence-corrected chi connectivity index (χ1v) is 7.27. The number of Topliss-reactive ketones (excluding diaryl/α,β-unsaturated/α-hetero) is 1. The molecule has 0 saturated heterocycles. The molecule has 1 atom stereocenters. The molecule has 1 amide bonds. The molecule has 0 heterocycles. The fourth-order valence-corrected chi connectivity index (χ4v) is 1.59. The van der Waals surface area contributed by atoms with E-state index in [2.05, 4.69) is 14.8 Å². The number of carbonyl (C=O) groups excluding carboxylic acids is 4. The van der Waals surface area contributed by atoms with Crippen LogP contribution < -0.4 is 5.32 Å². The van der Waals surface area contributed by atoms with E-state index in [9.17, 15) is 19.2 Å². The molecular formula is C15H25NO6. The van der Waals surface area contributed by atoms with Gasteiger partial charge in [-0.25, -0.2) is 0 Å². The SMILES string of the molecule is CC(=O)C(NC(=O)CCC(=O)OCOC(=O)C(C)C)C(C)C. The van der Waals surface area contributed by atoms with E-state index in [1.165, 1.54) is 6.92 Å². The second-order valence-electron chi connectivity index (χ2n) is 5.65. The number of nitrogens with one attached hydrogen (secondary N) is 1. The molecule has 0 bridgehead atoms. The van der Waals surface area contributed by atoms with E-state index >= 15 is 0 Å². The van der Waals surface area contributed by atoms with Gasteiger partial charge in [0.2, 0.25) is 12.7 Å². The molecule has 7 heteroatoms. The summed E-state index contributed by atoms with van der Waals surface area (Å²) >= 11 is 0. The lowest BCUT2D eigenvalue weighted by Crippen LogP contribution is -2.43. The summed E-state index contributed by atoms with van der Waals surface area (Å²) in [5, 5.41) is 2.58. The van der Waals surface area contributed by atoms with Gasteiger partial charge in [0.05, 0.1) is 18.4 Å². The monoisotopic (exact) mass is 315 g/mol. The quantitative estimate of drug-likeness (QED) is 0.507. The molecule has 0 aliphatic heterocycles. The van der Waals surface area contributed by atoms with Crippen molar-refractivity contribution in [3.63, 3.8) is 0 Å². The number of ketones is 1. The maximum atomic E-state index is 11.7. The van der Waals surface area contributed by atoms with E-state index in [0.717, 1.165) is 0 Å². The second-order valence-corrected chi connectivity index (χ2v) is 5.65. The molecule has 0 rings (SSSR count). The number of rotatable bonds is 9. The molecule has 0 saturated carbocycles. The van der Waals surface area contributed by atoms with E-state index in [1.807, 2.05) is 13.8 Å². The maximum absolute atomic E-state index is 11.7. The Morgan fingerprint density at radius 1 is 0.955 bits per heavy atom. The molecule has 0 radical (unpaired) electrons. The van der Waals surface area contributed by atoms with Crippen molar-refractivity contribution in [2.24, 2.45) is 11.8 Å². The van der Waals surface area contributed by atoms with Gasteiger partial charge >= 0.3 is 11.9 Å². The number of esters is 2. The highest BCUT2D eigenvalue weighted by atomic mass is 16.7. The Morgan fingerprint density at radius 2 is 1.55 bits per heavy atom. The zero-order valence-electron chi connectivity index (χ0n) is 13.8. The van der Waals surface area contributed by atoms with Crippen molar-refractivity contribution in [2.75, 3.05) is 6.79 Å². The predicted molar refractivity (Wildman–Crippen MR) is 78.6 cm³/mol. The number of carbonyl (C=O) groups is 4. The van der Waals surface area contributed by atoms with E-state index in [1.54, 1.807) is 13.8 Å². The van der Waals surface area contributed by atoms with Gasteiger partial charge in [-0.05, 0) is 12.8 Å². The molecule has 0 aromatic rings. The van der Waals surface area contributed by atoms with Crippen molar-refractivity contribution >= 4 is 23.6 Å². The summed E-state index contributed by atoms with van der Waals surface area (Å²) in [7, 11) is 0. The summed E-state index contributed by atoms with van der Waals surface area (Å²) < 4.78 is 9.37. The van der Waals surface area contributed by atoms with E-state index < -0.39 is 30.7 Å². The van der Waals surface area contributed by atoms with Crippen LogP contribution in [-0.4, -0.2) is 36.5 Å². The van der Waals surface area contributed by atoms with Crippen molar-refractivity contribution in [1.82, 2.24) is 5.32 Å². The van der Waals surface area contributed by atoms with Crippen molar-refractivity contribution < 1.29 is 28.7 Å². The molecule has 0 aromatic heterocycles. The second kappa shape index (κ2) is 9.92. The van der Waals surface area contributed by atoms with Gasteiger partial charge in [0.25, 0.3) is 0 Å². The molecule has 0 spiro atoms. The first-order valence-electron chi connectivity index (χ1n) is 7.27. The van der Waals surface area contributed by atoms with E-state index in [0.29, 0.717) is 0 Å². The normalized spacial score (nSPS) is 12.0. The third-order valence-corrected chi connectivity index (χ3v) is 2.87. The van der Waals surface area contributed by atoms with Gasteiger partial charge in [-0.1, -0.05) is 27.7 Å². The van der Waals surface area contributed by atoms with Crippen LogP contribution in [0.5, 0.6) is 0 Å². The van der Waals surface area contributed by atoms with Crippen molar-refractivity contribution in [3.05, 3.63) is 0 Å². The molecule has 0 aromatic carbocycles. The Labute approximate surface area is 130 Å². The maximum Gasteiger partial charge on any atom is 0.311 e. The molecule has 22 heavy (non-hydrogen) atoms. The molecular weight excluding hydrogens is 290 g/mol. The number of ether oxygens (including phenoxy) is 2. The third-order valence-electron chi connectivity index (χ3n) is 2.87. The molecule has 0 fully saturated rings. The number of hydrogen-bond acceptors (Lipinski definition) is 6. The van der Waals surface area contributed by atoms with Crippen LogP contribution in [0.2, 0.25) is 0 Å². The van der Waals surface area contributed by atoms with Crippen LogP contribution in [0.4, 0.5) is 0 Å². The van der Waals surface area contributed by atoms with Crippen LogP contribution in [0.1, 0.15) is 47.5 Å². The zero-order chi connectivity index (χ0) is 17.3. The van der Waals surface area contributed by atoms with Crippen LogP contribution in [0.15, 0.2) is 0 Å². The summed E-state index contributed by atoms with van der Waals surface area (Å²) in [6.07, 6.45) is -0.235. The van der Waals surface area contributed by atoms with Crippen LogP contribution >= 0.6 is 0 Å². The molecule has 126 valence electrons. The van der Waals surface area contributed by atoms with Crippen LogP contribution in [0.3, 0.4) is 0 Å². The third kappa shape index (κ3) is 8.39. The first-order chi connectivity index (χ1) is 10.1. The van der Waals surface area contributed by atoms with Crippen LogP contribution in [-0.2, 0) is 28.7 Å². The summed E-state index contributed by atoms with van der Waals surface area (Å²) in [4.78, 5) is 45.6. The largest absolute Gasteiger partial charge is 0.428 e. The first kappa shape index (κ1) is 20.1. The minimum atomic E-state index is -0.643. The summed E-state index contributed by atoms with van der Waals surface area (Å²) in [6, 6.07) is -0.560. The van der Waals surface area contributed by atoms with Gasteiger partial charge in [-0.3, -0.25) is 19.2 Å². The lowest BCUT2D eigenvalue weighted by Gasteiger charge is -2.19. The average Bonchev–Trinajstić information content (AvgIpc) is 2.41. The Morgan fingerprint density at radius 3 is 2.00 bits per heavy atom. The highest BCUT2D eigenvalue weighted by molar-refractivity contribution is 5.88. The number of amides is 1. The standard InChI is InChI=1S/C15H25NO6/c1-9(2)14(11(5)17)16-12(18)6-7-13(19)21-8-22-15(20)10(3)4/h9-10,14H,6-8H2,1-5H3,(H,16,18). The Balaban J connectivity index is 4.02. The van der Waals surface area contributed by atoms with Crippen molar-refractivity contribution in [3.8, 4) is 0 Å². The minimum Gasteiger partial charge on any atom is -0.428 e. The average molecular weight is 315 g/mol. The predicted octanol–water partition coefficient (Wildman–Crippen LogP) is 1.20. The molecule has 7 nitrogen and oxygen atoms in total. The minimum absolute atomic E-state index is 0.0242. The van der Waals surface area contributed by atoms with Gasteiger partial charge in [-0.15, -0.1) is 0 Å². The van der Waals surface area contributed by atoms with Gasteiger partial charge < -0.3 is 14.8 Å².